The highest BCUT2D eigenvalue weighted by Gasteiger charge is 2.14. The molecule has 0 aliphatic rings. The number of nitrogens with one attached hydrogen (secondary N) is 1. The lowest BCUT2D eigenvalue weighted by Crippen LogP contribution is -2.12. The van der Waals surface area contributed by atoms with Gasteiger partial charge in [0.2, 0.25) is 0 Å². The number of benzene rings is 3. The molecule has 5 heteroatoms. The van der Waals surface area contributed by atoms with Crippen molar-refractivity contribution in [2.75, 3.05) is 5.32 Å². The molecular weight excluding hydrogens is 376 g/mol. The second kappa shape index (κ2) is 7.87. The molecule has 1 aromatic heterocycles. The van der Waals surface area contributed by atoms with E-state index in [0.717, 1.165) is 23.0 Å². The Bertz CT molecular complexity index is 1240. The zero-order chi connectivity index (χ0) is 21.3. The Morgan fingerprint density at radius 1 is 0.900 bits per heavy atom. The lowest BCUT2D eigenvalue weighted by atomic mass is 10.1. The van der Waals surface area contributed by atoms with Gasteiger partial charge in [0.1, 0.15) is 0 Å². The topological polar surface area (TPSA) is 71.3 Å². The first-order valence-corrected chi connectivity index (χ1v) is 9.72. The Morgan fingerprint density at radius 2 is 1.57 bits per heavy atom. The van der Waals surface area contributed by atoms with Crippen LogP contribution in [0, 0.1) is 13.8 Å². The van der Waals surface area contributed by atoms with E-state index < -0.39 is 5.97 Å². The number of fused-ring (bicyclic) bond motifs is 1. The molecule has 4 aromatic rings. The maximum absolute atomic E-state index is 12.7. The lowest BCUT2D eigenvalue weighted by Gasteiger charge is -2.09. The summed E-state index contributed by atoms with van der Waals surface area (Å²) in [6.07, 6.45) is 0. The van der Waals surface area contributed by atoms with E-state index in [2.05, 4.69) is 35.9 Å². The average molecular weight is 398 g/mol. The number of hydrogen-bond acceptors (Lipinski definition) is 2. The molecule has 0 spiro atoms. The van der Waals surface area contributed by atoms with Crippen molar-refractivity contribution in [2.24, 2.45) is 0 Å². The van der Waals surface area contributed by atoms with E-state index in [1.807, 2.05) is 36.4 Å². The molecule has 0 bridgehead atoms. The van der Waals surface area contributed by atoms with Gasteiger partial charge < -0.3 is 15.0 Å². The summed E-state index contributed by atoms with van der Waals surface area (Å²) in [5.74, 6) is -1.22. The van der Waals surface area contributed by atoms with Crippen molar-refractivity contribution in [1.29, 1.82) is 0 Å². The number of carbonyl (C=O) groups is 2. The molecule has 0 unspecified atom stereocenters. The van der Waals surface area contributed by atoms with Crippen LogP contribution >= 0.6 is 0 Å². The fourth-order valence-corrected chi connectivity index (χ4v) is 3.66. The van der Waals surface area contributed by atoms with E-state index in [9.17, 15) is 9.59 Å². The normalized spacial score (nSPS) is 10.9. The average Bonchev–Trinajstić information content (AvgIpc) is 2.99. The third-order valence-corrected chi connectivity index (χ3v) is 5.47. The molecule has 1 heterocycles. The molecule has 0 saturated heterocycles. The van der Waals surface area contributed by atoms with Gasteiger partial charge in [-0.2, -0.15) is 0 Å². The van der Waals surface area contributed by atoms with Crippen molar-refractivity contribution < 1.29 is 14.7 Å². The van der Waals surface area contributed by atoms with Crippen LogP contribution in [-0.2, 0) is 6.54 Å². The Labute approximate surface area is 174 Å². The summed E-state index contributed by atoms with van der Waals surface area (Å²) in [6.45, 7) is 4.95. The second-order valence-electron chi connectivity index (χ2n) is 7.35. The molecular formula is C25H22N2O3. The number of aryl methyl sites for hydroxylation is 1. The van der Waals surface area contributed by atoms with E-state index in [-0.39, 0.29) is 11.5 Å². The van der Waals surface area contributed by atoms with Gasteiger partial charge in [-0.15, -0.1) is 0 Å². The number of nitrogens with zero attached hydrogens (tertiary/aromatic N) is 1. The Kier molecular flexibility index (Phi) is 5.11. The summed E-state index contributed by atoms with van der Waals surface area (Å²) in [4.78, 5) is 23.7. The predicted octanol–water partition coefficient (Wildman–Crippen LogP) is 5.26. The van der Waals surface area contributed by atoms with Crippen LogP contribution < -0.4 is 5.32 Å². The van der Waals surface area contributed by atoms with Gasteiger partial charge in [-0.05, 0) is 67.4 Å². The number of aromatic carboxylic acids is 1. The van der Waals surface area contributed by atoms with Gasteiger partial charge >= 0.3 is 5.97 Å². The minimum atomic E-state index is -0.996. The Hall–Kier alpha value is -3.86. The summed E-state index contributed by atoms with van der Waals surface area (Å²) in [5.41, 5.74) is 5.95. The Balaban J connectivity index is 1.62. The van der Waals surface area contributed by atoms with E-state index in [1.165, 1.54) is 23.4 Å². The minimum Gasteiger partial charge on any atom is -0.478 e. The highest BCUT2D eigenvalue weighted by atomic mass is 16.4. The molecule has 2 N–H and O–H groups in total. The van der Waals surface area contributed by atoms with Crippen LogP contribution in [-0.4, -0.2) is 21.6 Å². The van der Waals surface area contributed by atoms with Gasteiger partial charge in [-0.1, -0.05) is 30.3 Å². The van der Waals surface area contributed by atoms with Crippen LogP contribution in [0.1, 0.15) is 37.5 Å². The van der Waals surface area contributed by atoms with Crippen LogP contribution in [0.2, 0.25) is 0 Å². The minimum absolute atomic E-state index is 0.181. The molecule has 1 amide bonds. The molecule has 150 valence electrons. The largest absolute Gasteiger partial charge is 0.478 e. The van der Waals surface area contributed by atoms with Crippen LogP contribution in [0.5, 0.6) is 0 Å². The second-order valence-corrected chi connectivity index (χ2v) is 7.35. The van der Waals surface area contributed by atoms with E-state index >= 15 is 0 Å². The smallest absolute Gasteiger partial charge is 0.335 e. The highest BCUT2D eigenvalue weighted by Crippen LogP contribution is 2.27. The number of anilines is 1. The lowest BCUT2D eigenvalue weighted by molar-refractivity contribution is 0.0696. The summed E-state index contributed by atoms with van der Waals surface area (Å²) in [6, 6.07) is 22.1. The van der Waals surface area contributed by atoms with Crippen molar-refractivity contribution in [3.8, 4) is 0 Å². The van der Waals surface area contributed by atoms with Crippen molar-refractivity contribution in [3.05, 3.63) is 101 Å². The van der Waals surface area contributed by atoms with E-state index in [0.29, 0.717) is 11.3 Å². The number of carboxylic acids is 1. The van der Waals surface area contributed by atoms with Crippen molar-refractivity contribution in [2.45, 2.75) is 20.4 Å². The zero-order valence-electron chi connectivity index (χ0n) is 16.8. The van der Waals surface area contributed by atoms with Crippen molar-refractivity contribution in [3.63, 3.8) is 0 Å². The summed E-state index contributed by atoms with van der Waals surface area (Å²) in [5, 5.41) is 12.9. The quantitative estimate of drug-likeness (QED) is 0.482. The first-order valence-electron chi connectivity index (χ1n) is 9.72. The molecule has 30 heavy (non-hydrogen) atoms. The number of amides is 1. The highest BCUT2D eigenvalue weighted by molar-refractivity contribution is 6.06. The zero-order valence-corrected chi connectivity index (χ0v) is 16.8. The number of carbonyl (C=O) groups excluding carboxylic acids is 1. The molecule has 4 rings (SSSR count). The first kappa shape index (κ1) is 19.5. The molecule has 0 saturated carbocycles. The maximum Gasteiger partial charge on any atom is 0.335 e. The van der Waals surface area contributed by atoms with Gasteiger partial charge in [-0.25, -0.2) is 4.79 Å². The molecule has 0 atom stereocenters. The van der Waals surface area contributed by atoms with Crippen molar-refractivity contribution >= 4 is 28.5 Å². The molecule has 0 aliphatic carbocycles. The predicted molar refractivity (Wildman–Crippen MR) is 118 cm³/mol. The van der Waals surface area contributed by atoms with E-state index in [1.54, 1.807) is 12.1 Å². The van der Waals surface area contributed by atoms with Gasteiger partial charge in [-0.3, -0.25) is 4.79 Å². The van der Waals surface area contributed by atoms with Crippen LogP contribution in [0.25, 0.3) is 10.9 Å². The van der Waals surface area contributed by atoms with Crippen LogP contribution in [0.15, 0.2) is 72.8 Å². The summed E-state index contributed by atoms with van der Waals surface area (Å²) in [7, 11) is 0. The fraction of sp³-hybridized carbons (Fsp3) is 0.120. The molecule has 5 nitrogen and oxygen atoms in total. The summed E-state index contributed by atoms with van der Waals surface area (Å²) >= 11 is 0. The third-order valence-electron chi connectivity index (χ3n) is 5.47. The number of rotatable bonds is 5. The number of hydrogen-bond donors (Lipinski definition) is 2. The fourth-order valence-electron chi connectivity index (χ4n) is 3.66. The Morgan fingerprint density at radius 3 is 2.23 bits per heavy atom. The van der Waals surface area contributed by atoms with Gasteiger partial charge in [0.05, 0.1) is 5.56 Å². The van der Waals surface area contributed by atoms with Gasteiger partial charge in [0.15, 0.2) is 0 Å². The van der Waals surface area contributed by atoms with Gasteiger partial charge in [0, 0.05) is 34.4 Å². The molecule has 3 aromatic carbocycles. The van der Waals surface area contributed by atoms with Crippen molar-refractivity contribution in [1.82, 2.24) is 4.57 Å². The third kappa shape index (κ3) is 3.70. The molecule has 0 radical (unpaired) electrons. The number of carboxylic acid groups (broad SMARTS) is 1. The SMILES string of the molecule is Cc1c(C)n(Cc2ccccc2)c2ccc(C(=O)Nc3ccc(C(=O)O)cc3)cc12. The first-order chi connectivity index (χ1) is 14.4. The van der Waals surface area contributed by atoms with Gasteiger partial charge in [0.25, 0.3) is 5.91 Å². The monoisotopic (exact) mass is 398 g/mol. The van der Waals surface area contributed by atoms with Crippen LogP contribution in [0.3, 0.4) is 0 Å². The van der Waals surface area contributed by atoms with E-state index in [4.69, 9.17) is 5.11 Å². The molecule has 0 fully saturated rings. The molecule has 0 aliphatic heterocycles. The van der Waals surface area contributed by atoms with Crippen LogP contribution in [0.4, 0.5) is 5.69 Å². The maximum atomic E-state index is 12.7. The number of aromatic nitrogens is 1. The standard InChI is InChI=1S/C25H22N2O3/c1-16-17(2)27(15-18-6-4-3-5-7-18)23-13-10-20(14-22(16)23)24(28)26-21-11-8-19(9-12-21)25(29)30/h3-14H,15H2,1-2H3,(H,26,28)(H,29,30). The summed E-state index contributed by atoms with van der Waals surface area (Å²) < 4.78 is 2.27.